The molecular formula is C21H32O. The molecule has 0 aromatic heterocycles. The summed E-state index contributed by atoms with van der Waals surface area (Å²) in [6.45, 7) is 11.3. The number of ketones is 1. The molecule has 2 rings (SSSR count). The maximum Gasteiger partial charge on any atom is 0.140 e. The van der Waals surface area contributed by atoms with Crippen molar-refractivity contribution in [1.82, 2.24) is 0 Å². The highest BCUT2D eigenvalue weighted by molar-refractivity contribution is 5.83. The van der Waals surface area contributed by atoms with Crippen molar-refractivity contribution in [2.45, 2.75) is 66.2 Å². The first-order valence-corrected chi connectivity index (χ1v) is 9.00. The number of benzene rings is 1. The van der Waals surface area contributed by atoms with E-state index in [1.165, 1.54) is 24.0 Å². The van der Waals surface area contributed by atoms with Crippen molar-refractivity contribution in [2.24, 2.45) is 23.7 Å². The lowest BCUT2D eigenvalue weighted by Crippen LogP contribution is -2.34. The maximum atomic E-state index is 12.8. The second-order valence-corrected chi connectivity index (χ2v) is 7.97. The van der Waals surface area contributed by atoms with Crippen LogP contribution in [0.2, 0.25) is 0 Å². The predicted molar refractivity (Wildman–Crippen MR) is 94.1 cm³/mol. The summed E-state index contributed by atoms with van der Waals surface area (Å²) in [7, 11) is 0. The molecule has 3 atom stereocenters. The van der Waals surface area contributed by atoms with E-state index < -0.39 is 0 Å². The van der Waals surface area contributed by atoms with Crippen LogP contribution in [0.15, 0.2) is 24.3 Å². The van der Waals surface area contributed by atoms with E-state index in [9.17, 15) is 4.79 Å². The molecule has 1 aliphatic carbocycles. The average Bonchev–Trinajstić information content (AvgIpc) is 2.47. The van der Waals surface area contributed by atoms with Gasteiger partial charge in [0.25, 0.3) is 0 Å². The van der Waals surface area contributed by atoms with Gasteiger partial charge in [-0.3, -0.25) is 4.79 Å². The zero-order valence-electron chi connectivity index (χ0n) is 14.9. The summed E-state index contributed by atoms with van der Waals surface area (Å²) in [6, 6.07) is 8.64. The molecule has 0 unspecified atom stereocenters. The molecule has 0 bridgehead atoms. The van der Waals surface area contributed by atoms with Gasteiger partial charge in [-0.05, 0) is 47.6 Å². The first-order valence-electron chi connectivity index (χ1n) is 9.00. The molecule has 1 heteroatoms. The Labute approximate surface area is 136 Å². The summed E-state index contributed by atoms with van der Waals surface area (Å²) in [5.74, 6) is 3.18. The van der Waals surface area contributed by atoms with Crippen molar-refractivity contribution in [3.8, 4) is 0 Å². The van der Waals surface area contributed by atoms with Crippen molar-refractivity contribution in [2.75, 3.05) is 0 Å². The fourth-order valence-corrected chi connectivity index (χ4v) is 3.93. The van der Waals surface area contributed by atoms with E-state index in [1.807, 2.05) is 0 Å². The van der Waals surface area contributed by atoms with Gasteiger partial charge in [0.05, 0.1) is 0 Å². The van der Waals surface area contributed by atoms with Gasteiger partial charge in [0, 0.05) is 12.3 Å². The molecule has 1 aromatic carbocycles. The molecule has 1 aromatic rings. The standard InChI is InChI=1S/C21H32O/c1-14(2)18-9-7-17(8-10-18)13-21(22)20-12-16(5)6-11-19(20)15(3)4/h7-10,14-16,19-20H,6,11-13H2,1-5H3/t16-,19+,20-/m1/s1. The van der Waals surface area contributed by atoms with Crippen molar-refractivity contribution in [3.63, 3.8) is 0 Å². The Morgan fingerprint density at radius 3 is 2.27 bits per heavy atom. The van der Waals surface area contributed by atoms with Gasteiger partial charge in [-0.2, -0.15) is 0 Å². The molecule has 0 amide bonds. The monoisotopic (exact) mass is 300 g/mol. The van der Waals surface area contributed by atoms with Gasteiger partial charge in [0.2, 0.25) is 0 Å². The molecule has 1 saturated carbocycles. The minimum Gasteiger partial charge on any atom is -0.299 e. The third-order valence-corrected chi connectivity index (χ3v) is 5.46. The Morgan fingerprint density at radius 2 is 1.73 bits per heavy atom. The minimum absolute atomic E-state index is 0.272. The van der Waals surface area contributed by atoms with Crippen LogP contribution >= 0.6 is 0 Å². The molecule has 0 saturated heterocycles. The van der Waals surface area contributed by atoms with E-state index in [4.69, 9.17) is 0 Å². The van der Waals surface area contributed by atoms with Crippen LogP contribution in [-0.4, -0.2) is 5.78 Å². The third kappa shape index (κ3) is 4.21. The Kier molecular flexibility index (Phi) is 5.83. The molecule has 122 valence electrons. The molecule has 1 nitrogen and oxygen atoms in total. The van der Waals surface area contributed by atoms with Crippen LogP contribution in [0, 0.1) is 23.7 Å². The summed E-state index contributed by atoms with van der Waals surface area (Å²) in [4.78, 5) is 12.8. The maximum absolute atomic E-state index is 12.8. The number of Topliss-reactive ketones (excluding diaryl/α,β-unsaturated/α-hetero) is 1. The lowest BCUT2D eigenvalue weighted by atomic mass is 9.68. The van der Waals surface area contributed by atoms with Crippen LogP contribution in [0.25, 0.3) is 0 Å². The lowest BCUT2D eigenvalue weighted by molar-refractivity contribution is -0.126. The molecule has 0 spiro atoms. The molecule has 0 radical (unpaired) electrons. The van der Waals surface area contributed by atoms with Gasteiger partial charge in [-0.1, -0.05) is 65.3 Å². The summed E-state index contributed by atoms with van der Waals surface area (Å²) < 4.78 is 0. The molecular weight excluding hydrogens is 268 g/mol. The number of hydrogen-bond donors (Lipinski definition) is 0. The van der Waals surface area contributed by atoms with E-state index in [-0.39, 0.29) is 5.92 Å². The molecule has 1 aliphatic rings. The van der Waals surface area contributed by atoms with E-state index in [2.05, 4.69) is 58.9 Å². The van der Waals surface area contributed by atoms with Gasteiger partial charge in [0.15, 0.2) is 0 Å². The van der Waals surface area contributed by atoms with E-state index >= 15 is 0 Å². The highest BCUT2D eigenvalue weighted by Crippen LogP contribution is 2.39. The van der Waals surface area contributed by atoms with Gasteiger partial charge < -0.3 is 0 Å². The Balaban J connectivity index is 2.05. The SMILES string of the molecule is CC(C)c1ccc(CC(=O)[C@@H]2C[C@H](C)CC[C@H]2C(C)C)cc1. The van der Waals surface area contributed by atoms with Crippen molar-refractivity contribution in [3.05, 3.63) is 35.4 Å². The van der Waals surface area contributed by atoms with Gasteiger partial charge in [0.1, 0.15) is 5.78 Å². The molecule has 0 heterocycles. The van der Waals surface area contributed by atoms with Gasteiger partial charge >= 0.3 is 0 Å². The Bertz CT molecular complexity index is 483. The smallest absolute Gasteiger partial charge is 0.140 e. The highest BCUT2D eigenvalue weighted by atomic mass is 16.1. The predicted octanol–water partition coefficient (Wildman–Crippen LogP) is 5.63. The summed E-state index contributed by atoms with van der Waals surface area (Å²) in [6.07, 6.45) is 4.21. The first-order chi connectivity index (χ1) is 10.4. The third-order valence-electron chi connectivity index (χ3n) is 5.46. The average molecular weight is 300 g/mol. The minimum atomic E-state index is 0.272. The molecule has 1 fully saturated rings. The van der Waals surface area contributed by atoms with E-state index in [1.54, 1.807) is 0 Å². The number of rotatable bonds is 5. The second kappa shape index (κ2) is 7.44. The largest absolute Gasteiger partial charge is 0.299 e. The second-order valence-electron chi connectivity index (χ2n) is 7.97. The van der Waals surface area contributed by atoms with Crippen molar-refractivity contribution >= 4 is 5.78 Å². The van der Waals surface area contributed by atoms with Crippen LogP contribution in [-0.2, 0) is 11.2 Å². The first kappa shape index (κ1) is 17.2. The fourth-order valence-electron chi connectivity index (χ4n) is 3.93. The molecule has 0 N–H and O–H groups in total. The fraction of sp³-hybridized carbons (Fsp3) is 0.667. The quantitative estimate of drug-likeness (QED) is 0.688. The van der Waals surface area contributed by atoms with Gasteiger partial charge in [-0.25, -0.2) is 0 Å². The number of hydrogen-bond acceptors (Lipinski definition) is 1. The van der Waals surface area contributed by atoms with Crippen molar-refractivity contribution < 1.29 is 4.79 Å². The lowest BCUT2D eigenvalue weighted by Gasteiger charge is -2.36. The normalized spacial score (nSPS) is 25.7. The zero-order valence-corrected chi connectivity index (χ0v) is 14.9. The molecule has 22 heavy (non-hydrogen) atoms. The van der Waals surface area contributed by atoms with Crippen molar-refractivity contribution in [1.29, 1.82) is 0 Å². The van der Waals surface area contributed by atoms with Crippen LogP contribution in [0.3, 0.4) is 0 Å². The number of carbonyl (C=O) groups is 1. The Morgan fingerprint density at radius 1 is 1.09 bits per heavy atom. The van der Waals surface area contributed by atoms with Gasteiger partial charge in [-0.15, -0.1) is 0 Å². The summed E-state index contributed by atoms with van der Waals surface area (Å²) in [5, 5.41) is 0. The van der Waals surface area contributed by atoms with E-state index in [0.717, 1.165) is 6.42 Å². The van der Waals surface area contributed by atoms with Crippen LogP contribution in [0.5, 0.6) is 0 Å². The summed E-state index contributed by atoms with van der Waals surface area (Å²) >= 11 is 0. The van der Waals surface area contributed by atoms with E-state index in [0.29, 0.717) is 35.9 Å². The van der Waals surface area contributed by atoms with Crippen LogP contribution < -0.4 is 0 Å². The van der Waals surface area contributed by atoms with Crippen LogP contribution in [0.4, 0.5) is 0 Å². The molecule has 0 aliphatic heterocycles. The zero-order chi connectivity index (χ0) is 16.3. The Hall–Kier alpha value is -1.11. The summed E-state index contributed by atoms with van der Waals surface area (Å²) in [5.41, 5.74) is 2.53. The van der Waals surface area contributed by atoms with Crippen LogP contribution in [0.1, 0.15) is 70.9 Å². The number of carbonyl (C=O) groups excluding carboxylic acids is 1. The highest BCUT2D eigenvalue weighted by Gasteiger charge is 2.34. The topological polar surface area (TPSA) is 17.1 Å².